The van der Waals surface area contributed by atoms with Gasteiger partial charge in [-0.05, 0) is 13.8 Å². The monoisotopic (exact) mass is 291 g/mol. The van der Waals surface area contributed by atoms with Crippen LogP contribution in [0.3, 0.4) is 0 Å². The maximum atomic E-state index is 9.87. The van der Waals surface area contributed by atoms with Gasteiger partial charge in [0.1, 0.15) is 0 Å². The fraction of sp³-hybridized carbons (Fsp3) is 1.00. The Labute approximate surface area is 97.4 Å². The molecule has 1 atom stereocenters. The molecule has 0 radical (unpaired) electrons. The van der Waals surface area contributed by atoms with Crippen molar-refractivity contribution in [3.8, 4) is 0 Å². The second-order valence-corrected chi connectivity index (χ2v) is 6.43. The van der Waals surface area contributed by atoms with Crippen LogP contribution in [0, 0.1) is 0 Å². The first kappa shape index (κ1) is 19.3. The SMILES string of the molecule is COC(C)[N+](C)(C)C(C)C.F[P-](F)(F)(F)(F)F. The molecule has 0 aliphatic rings. The molecule has 0 aliphatic heterocycles. The molecule has 0 saturated carbocycles. The summed E-state index contributed by atoms with van der Waals surface area (Å²) in [4.78, 5) is 0. The van der Waals surface area contributed by atoms with E-state index in [4.69, 9.17) is 4.74 Å². The Morgan fingerprint density at radius 2 is 1.12 bits per heavy atom. The number of rotatable bonds is 3. The number of methoxy groups -OCH3 is 1. The molecule has 0 bridgehead atoms. The van der Waals surface area contributed by atoms with Crippen LogP contribution in [-0.2, 0) is 4.74 Å². The molecule has 2 nitrogen and oxygen atoms in total. The zero-order valence-corrected chi connectivity index (χ0v) is 11.6. The van der Waals surface area contributed by atoms with E-state index in [0.29, 0.717) is 6.04 Å². The number of quaternary nitrogens is 1. The van der Waals surface area contributed by atoms with Crippen LogP contribution >= 0.6 is 7.81 Å². The van der Waals surface area contributed by atoms with Crippen LogP contribution in [-0.4, -0.2) is 38.0 Å². The number of hydrogen-bond acceptors (Lipinski definition) is 1. The second-order valence-electron chi connectivity index (χ2n) is 4.52. The topological polar surface area (TPSA) is 9.23 Å². The summed E-state index contributed by atoms with van der Waals surface area (Å²) in [7, 11) is -4.54. The summed E-state index contributed by atoms with van der Waals surface area (Å²) >= 11 is 0. The number of nitrogens with zero attached hydrogens (tertiary/aromatic N) is 1. The predicted octanol–water partition coefficient (Wildman–Crippen LogP) is 4.85. The second kappa shape index (κ2) is 4.55. The van der Waals surface area contributed by atoms with Crippen molar-refractivity contribution in [1.29, 1.82) is 0 Å². The van der Waals surface area contributed by atoms with Crippen LogP contribution in [0.4, 0.5) is 25.2 Å². The Hall–Kier alpha value is -0.0700. The molecule has 0 aromatic heterocycles. The van der Waals surface area contributed by atoms with E-state index in [9.17, 15) is 25.2 Å². The van der Waals surface area contributed by atoms with Gasteiger partial charge in [0.15, 0.2) is 6.23 Å². The molecular weight excluding hydrogens is 271 g/mol. The molecule has 0 N–H and O–H groups in total. The van der Waals surface area contributed by atoms with E-state index < -0.39 is 7.81 Å². The van der Waals surface area contributed by atoms with Gasteiger partial charge in [-0.3, -0.25) is 0 Å². The first-order valence-electron chi connectivity index (χ1n) is 4.80. The molecule has 0 fully saturated rings. The van der Waals surface area contributed by atoms with Crippen LogP contribution in [0.15, 0.2) is 0 Å². The molecule has 0 aromatic carbocycles. The van der Waals surface area contributed by atoms with Gasteiger partial charge in [-0.25, -0.2) is 0 Å². The van der Waals surface area contributed by atoms with Crippen molar-refractivity contribution < 1.29 is 34.4 Å². The molecule has 17 heavy (non-hydrogen) atoms. The standard InChI is InChI=1S/C8H20NO.F6P/c1-7(2)9(4,5)8(3)10-6;1-7(2,3,4,5)6/h7-8H,1-6H3;/q+1;-1. The Morgan fingerprint density at radius 3 is 1.18 bits per heavy atom. The van der Waals surface area contributed by atoms with Crippen molar-refractivity contribution in [3.63, 3.8) is 0 Å². The Kier molecular flexibility index (Phi) is 5.16. The number of halogens is 6. The van der Waals surface area contributed by atoms with E-state index in [-0.39, 0.29) is 6.23 Å². The van der Waals surface area contributed by atoms with E-state index in [1.807, 2.05) is 0 Å². The van der Waals surface area contributed by atoms with Gasteiger partial charge in [-0.15, -0.1) is 0 Å². The van der Waals surface area contributed by atoms with Crippen LogP contribution in [0.5, 0.6) is 0 Å². The zero-order valence-electron chi connectivity index (χ0n) is 10.7. The molecule has 0 heterocycles. The molecule has 0 amide bonds. The van der Waals surface area contributed by atoms with Crippen molar-refractivity contribution >= 4 is 7.81 Å². The third kappa shape index (κ3) is 15.9. The van der Waals surface area contributed by atoms with Gasteiger partial charge in [0.05, 0.1) is 20.1 Å². The van der Waals surface area contributed by atoms with Crippen molar-refractivity contribution in [2.45, 2.75) is 33.0 Å². The fourth-order valence-corrected chi connectivity index (χ4v) is 0.692. The minimum atomic E-state index is -10.7. The molecule has 0 aliphatic carbocycles. The zero-order chi connectivity index (χ0) is 14.8. The van der Waals surface area contributed by atoms with Crippen molar-refractivity contribution in [3.05, 3.63) is 0 Å². The summed E-state index contributed by atoms with van der Waals surface area (Å²) in [5, 5.41) is 0. The van der Waals surface area contributed by atoms with E-state index >= 15 is 0 Å². The molecule has 0 aromatic rings. The van der Waals surface area contributed by atoms with Gasteiger partial charge < -0.3 is 9.22 Å². The third-order valence-corrected chi connectivity index (χ3v) is 2.61. The third-order valence-electron chi connectivity index (χ3n) is 2.61. The van der Waals surface area contributed by atoms with Gasteiger partial charge in [0.2, 0.25) is 0 Å². The van der Waals surface area contributed by atoms with Crippen LogP contribution < -0.4 is 0 Å². The molecule has 9 heteroatoms. The van der Waals surface area contributed by atoms with Gasteiger partial charge in [0.25, 0.3) is 0 Å². The normalized spacial score (nSPS) is 18.9. The summed E-state index contributed by atoms with van der Waals surface area (Å²) in [6, 6.07) is 0.606. The summed E-state index contributed by atoms with van der Waals surface area (Å²) in [6.07, 6.45) is 0.278. The molecule has 1 unspecified atom stereocenters. The van der Waals surface area contributed by atoms with Crippen LogP contribution in [0.25, 0.3) is 0 Å². The van der Waals surface area contributed by atoms with Gasteiger partial charge in [-0.1, -0.05) is 0 Å². The van der Waals surface area contributed by atoms with Crippen molar-refractivity contribution in [2.75, 3.05) is 21.2 Å². The molecular formula is C8H20F6NOP. The molecule has 0 saturated heterocycles. The summed E-state index contributed by atoms with van der Waals surface area (Å²) in [5.74, 6) is 0. The Balaban J connectivity index is 0. The van der Waals surface area contributed by atoms with Crippen molar-refractivity contribution in [2.24, 2.45) is 0 Å². The minimum absolute atomic E-state index is 0.278. The Morgan fingerprint density at radius 1 is 0.882 bits per heavy atom. The van der Waals surface area contributed by atoms with E-state index in [1.165, 1.54) is 0 Å². The fourth-order valence-electron chi connectivity index (χ4n) is 0.692. The van der Waals surface area contributed by atoms with Crippen molar-refractivity contribution in [1.82, 2.24) is 0 Å². The first-order chi connectivity index (χ1) is 6.87. The van der Waals surface area contributed by atoms with Gasteiger partial charge in [-0.2, -0.15) is 0 Å². The summed E-state index contributed by atoms with van der Waals surface area (Å²) < 4.78 is 65.4. The number of ether oxygens (including phenoxy) is 1. The van der Waals surface area contributed by atoms with Gasteiger partial charge in [0, 0.05) is 14.0 Å². The quantitative estimate of drug-likeness (QED) is 0.313. The summed E-state index contributed by atoms with van der Waals surface area (Å²) in [6.45, 7) is 6.50. The molecule has 0 rings (SSSR count). The average Bonchev–Trinajstić information content (AvgIpc) is 1.96. The average molecular weight is 291 g/mol. The van der Waals surface area contributed by atoms with E-state index in [2.05, 4.69) is 34.9 Å². The maximum absolute atomic E-state index is 10.7. The van der Waals surface area contributed by atoms with Crippen LogP contribution in [0.1, 0.15) is 20.8 Å². The number of hydrogen-bond donors (Lipinski definition) is 0. The molecule has 0 spiro atoms. The first-order valence-corrected chi connectivity index (χ1v) is 6.83. The van der Waals surface area contributed by atoms with Gasteiger partial charge >= 0.3 is 33.0 Å². The van der Waals surface area contributed by atoms with E-state index in [1.54, 1.807) is 7.11 Å². The van der Waals surface area contributed by atoms with Crippen LogP contribution in [0.2, 0.25) is 0 Å². The predicted molar refractivity (Wildman–Crippen MR) is 57.3 cm³/mol. The Bertz CT molecular complexity index is 235. The van der Waals surface area contributed by atoms with E-state index in [0.717, 1.165) is 4.48 Å². The summed E-state index contributed by atoms with van der Waals surface area (Å²) in [5.41, 5.74) is 0. The molecule has 110 valence electrons.